The number of rotatable bonds is 5. The number of amides is 2. The minimum Gasteiger partial charge on any atom is -0.382 e. The summed E-state index contributed by atoms with van der Waals surface area (Å²) in [5.41, 5.74) is 2.26. The monoisotopic (exact) mass is 248 g/mol. The molecule has 0 bridgehead atoms. The molecule has 0 aliphatic carbocycles. The number of hydrogen-bond donors (Lipinski definition) is 2. The molecule has 1 aliphatic heterocycles. The van der Waals surface area contributed by atoms with Crippen LogP contribution in [-0.4, -0.2) is 51.2 Å². The number of carbonyl (C=O) groups excluding carboxylic acids is 1. The van der Waals surface area contributed by atoms with Crippen molar-refractivity contribution < 1.29 is 4.79 Å². The average Bonchev–Trinajstić information content (AvgIpc) is 2.76. The van der Waals surface area contributed by atoms with E-state index < -0.39 is 0 Å². The highest BCUT2D eigenvalue weighted by Crippen LogP contribution is 2.22. The van der Waals surface area contributed by atoms with E-state index in [4.69, 9.17) is 0 Å². The molecule has 1 fully saturated rings. The van der Waals surface area contributed by atoms with Crippen LogP contribution in [0.15, 0.2) is 24.3 Å². The molecule has 0 spiro atoms. The highest BCUT2D eigenvalue weighted by atomic mass is 16.2. The highest BCUT2D eigenvalue weighted by molar-refractivity contribution is 5.76. The lowest BCUT2D eigenvalue weighted by atomic mass is 10.2. The molecular formula is C13H20N4O. The Morgan fingerprint density at radius 3 is 2.83 bits per heavy atom. The van der Waals surface area contributed by atoms with Gasteiger partial charge < -0.3 is 20.4 Å². The zero-order valence-corrected chi connectivity index (χ0v) is 10.9. The van der Waals surface area contributed by atoms with Gasteiger partial charge in [-0.15, -0.1) is 0 Å². The third-order valence-corrected chi connectivity index (χ3v) is 3.03. The van der Waals surface area contributed by atoms with Gasteiger partial charge in [-0.25, -0.2) is 4.79 Å². The van der Waals surface area contributed by atoms with Crippen LogP contribution >= 0.6 is 0 Å². The van der Waals surface area contributed by atoms with Gasteiger partial charge in [-0.2, -0.15) is 0 Å². The summed E-state index contributed by atoms with van der Waals surface area (Å²) in [6.07, 6.45) is 0. The van der Waals surface area contributed by atoms with Crippen LogP contribution in [-0.2, 0) is 0 Å². The second-order valence-electron chi connectivity index (χ2n) is 4.56. The van der Waals surface area contributed by atoms with Crippen LogP contribution in [0.25, 0.3) is 0 Å². The Labute approximate surface area is 108 Å². The zero-order chi connectivity index (χ0) is 13.0. The molecule has 1 aromatic carbocycles. The number of carbonyl (C=O) groups is 1. The molecule has 98 valence electrons. The van der Waals surface area contributed by atoms with Gasteiger partial charge in [0.15, 0.2) is 0 Å². The molecule has 0 atom stereocenters. The van der Waals surface area contributed by atoms with E-state index in [1.807, 2.05) is 31.1 Å². The quantitative estimate of drug-likeness (QED) is 0.823. The van der Waals surface area contributed by atoms with Crippen LogP contribution in [0.3, 0.4) is 0 Å². The van der Waals surface area contributed by atoms with Crippen molar-refractivity contribution in [2.24, 2.45) is 0 Å². The number of nitrogens with one attached hydrogen (secondary N) is 2. The predicted octanol–water partition coefficient (Wildman–Crippen LogP) is 1.19. The molecule has 1 saturated heterocycles. The first-order chi connectivity index (χ1) is 8.68. The Hall–Kier alpha value is -1.91. The SMILES string of the molecule is CN(C)c1ccccc1NCCN1CCNC1=O. The smallest absolute Gasteiger partial charge is 0.317 e. The minimum atomic E-state index is 0.0395. The van der Waals surface area contributed by atoms with Crippen LogP contribution in [0, 0.1) is 0 Å². The van der Waals surface area contributed by atoms with E-state index in [2.05, 4.69) is 27.7 Å². The van der Waals surface area contributed by atoms with Gasteiger partial charge in [-0.05, 0) is 12.1 Å². The van der Waals surface area contributed by atoms with Crippen molar-refractivity contribution in [1.82, 2.24) is 10.2 Å². The summed E-state index contributed by atoms with van der Waals surface area (Å²) < 4.78 is 0. The van der Waals surface area contributed by atoms with Gasteiger partial charge in [0.25, 0.3) is 0 Å². The van der Waals surface area contributed by atoms with Crippen LogP contribution in [0.1, 0.15) is 0 Å². The summed E-state index contributed by atoms with van der Waals surface area (Å²) in [5, 5.41) is 6.18. The van der Waals surface area contributed by atoms with Crippen LogP contribution in [0.4, 0.5) is 16.2 Å². The molecule has 5 nitrogen and oxygen atoms in total. The fourth-order valence-corrected chi connectivity index (χ4v) is 2.06. The molecule has 0 unspecified atom stereocenters. The average molecular weight is 248 g/mol. The number of anilines is 2. The van der Waals surface area contributed by atoms with Crippen LogP contribution in [0.2, 0.25) is 0 Å². The number of urea groups is 1. The molecule has 0 saturated carbocycles. The van der Waals surface area contributed by atoms with Crippen molar-refractivity contribution >= 4 is 17.4 Å². The van der Waals surface area contributed by atoms with Crippen molar-refractivity contribution in [3.8, 4) is 0 Å². The molecule has 0 radical (unpaired) electrons. The van der Waals surface area contributed by atoms with Gasteiger partial charge in [-0.3, -0.25) is 0 Å². The van der Waals surface area contributed by atoms with E-state index in [9.17, 15) is 4.79 Å². The van der Waals surface area contributed by atoms with E-state index in [1.54, 1.807) is 0 Å². The predicted molar refractivity (Wildman–Crippen MR) is 74.2 cm³/mol. The van der Waals surface area contributed by atoms with Crippen molar-refractivity contribution in [2.45, 2.75) is 0 Å². The molecular weight excluding hydrogens is 228 g/mol. The largest absolute Gasteiger partial charge is 0.382 e. The topological polar surface area (TPSA) is 47.6 Å². The summed E-state index contributed by atoms with van der Waals surface area (Å²) in [7, 11) is 4.04. The maximum absolute atomic E-state index is 11.4. The van der Waals surface area contributed by atoms with Crippen molar-refractivity contribution in [2.75, 3.05) is 50.5 Å². The normalized spacial score (nSPS) is 14.6. The minimum absolute atomic E-state index is 0.0395. The third kappa shape index (κ3) is 2.85. The summed E-state index contributed by atoms with van der Waals surface area (Å²) >= 11 is 0. The third-order valence-electron chi connectivity index (χ3n) is 3.03. The molecule has 0 aromatic heterocycles. The molecule has 1 heterocycles. The summed E-state index contributed by atoms with van der Waals surface area (Å²) in [6, 6.07) is 8.20. The molecule has 2 N–H and O–H groups in total. The van der Waals surface area contributed by atoms with Gasteiger partial charge in [0.2, 0.25) is 0 Å². The van der Waals surface area contributed by atoms with Crippen LogP contribution < -0.4 is 15.5 Å². The van der Waals surface area contributed by atoms with Crippen molar-refractivity contribution in [1.29, 1.82) is 0 Å². The lowest BCUT2D eigenvalue weighted by Gasteiger charge is -2.20. The Balaban J connectivity index is 1.88. The first-order valence-corrected chi connectivity index (χ1v) is 6.21. The van der Waals surface area contributed by atoms with Crippen LogP contribution in [0.5, 0.6) is 0 Å². The van der Waals surface area contributed by atoms with E-state index >= 15 is 0 Å². The summed E-state index contributed by atoms with van der Waals surface area (Å²) in [5.74, 6) is 0. The maximum atomic E-state index is 11.4. The Kier molecular flexibility index (Phi) is 3.92. The molecule has 2 rings (SSSR count). The number of nitrogens with zero attached hydrogens (tertiary/aromatic N) is 2. The number of para-hydroxylation sites is 2. The summed E-state index contributed by atoms with van der Waals surface area (Å²) in [6.45, 7) is 3.05. The van der Waals surface area contributed by atoms with E-state index in [-0.39, 0.29) is 6.03 Å². The Morgan fingerprint density at radius 1 is 1.39 bits per heavy atom. The molecule has 5 heteroatoms. The lowest BCUT2D eigenvalue weighted by molar-refractivity contribution is 0.219. The highest BCUT2D eigenvalue weighted by Gasteiger charge is 2.18. The lowest BCUT2D eigenvalue weighted by Crippen LogP contribution is -2.32. The van der Waals surface area contributed by atoms with Gasteiger partial charge in [0.05, 0.1) is 11.4 Å². The van der Waals surface area contributed by atoms with Gasteiger partial charge >= 0.3 is 6.03 Å². The van der Waals surface area contributed by atoms with Gasteiger partial charge in [0, 0.05) is 40.3 Å². The maximum Gasteiger partial charge on any atom is 0.317 e. The first kappa shape index (κ1) is 12.5. The van der Waals surface area contributed by atoms with E-state index in [0.717, 1.165) is 37.6 Å². The standard InChI is InChI=1S/C13H20N4O/c1-16(2)12-6-4-3-5-11(12)14-7-9-17-10-8-15-13(17)18/h3-6,14H,7-10H2,1-2H3,(H,15,18). The first-order valence-electron chi connectivity index (χ1n) is 6.21. The van der Waals surface area contributed by atoms with Crippen molar-refractivity contribution in [3.63, 3.8) is 0 Å². The van der Waals surface area contributed by atoms with E-state index in [1.165, 1.54) is 0 Å². The second kappa shape index (κ2) is 5.62. The Bertz CT molecular complexity index is 419. The van der Waals surface area contributed by atoms with Gasteiger partial charge in [-0.1, -0.05) is 12.1 Å². The van der Waals surface area contributed by atoms with E-state index in [0.29, 0.717) is 0 Å². The second-order valence-corrected chi connectivity index (χ2v) is 4.56. The fourth-order valence-electron chi connectivity index (χ4n) is 2.06. The number of hydrogen-bond acceptors (Lipinski definition) is 3. The fraction of sp³-hybridized carbons (Fsp3) is 0.462. The molecule has 18 heavy (non-hydrogen) atoms. The van der Waals surface area contributed by atoms with Gasteiger partial charge in [0.1, 0.15) is 0 Å². The number of benzene rings is 1. The molecule has 2 amide bonds. The zero-order valence-electron chi connectivity index (χ0n) is 10.9. The molecule has 1 aliphatic rings. The summed E-state index contributed by atoms with van der Waals surface area (Å²) in [4.78, 5) is 15.3. The van der Waals surface area contributed by atoms with Crippen molar-refractivity contribution in [3.05, 3.63) is 24.3 Å². The Morgan fingerprint density at radius 2 is 2.17 bits per heavy atom. The molecule has 1 aromatic rings.